The van der Waals surface area contributed by atoms with Crippen molar-refractivity contribution >= 4 is 5.91 Å². The van der Waals surface area contributed by atoms with Gasteiger partial charge in [0.05, 0.1) is 0 Å². The second-order valence-electron chi connectivity index (χ2n) is 4.37. The van der Waals surface area contributed by atoms with Crippen molar-refractivity contribution in [1.82, 2.24) is 15.5 Å². The van der Waals surface area contributed by atoms with Crippen LogP contribution in [0.3, 0.4) is 0 Å². The summed E-state index contributed by atoms with van der Waals surface area (Å²) in [6, 6.07) is 0.359. The molecule has 0 saturated carbocycles. The first kappa shape index (κ1) is 9.93. The normalized spacial score (nSPS) is 34.5. The molecule has 0 aromatic carbocycles. The van der Waals surface area contributed by atoms with E-state index >= 15 is 0 Å². The van der Waals surface area contributed by atoms with Crippen LogP contribution in [0.1, 0.15) is 13.3 Å². The molecular weight excluding hydrogens is 178 g/mol. The minimum absolute atomic E-state index is 0.220. The maximum atomic E-state index is 11.2. The molecule has 0 radical (unpaired) electrons. The molecule has 2 heterocycles. The second kappa shape index (κ2) is 4.28. The number of carbonyl (C=O) groups excluding carboxylic acids is 1. The third-order valence-electron chi connectivity index (χ3n) is 3.25. The number of piperazine rings is 1. The van der Waals surface area contributed by atoms with Crippen LogP contribution in [0, 0.1) is 5.92 Å². The fourth-order valence-electron chi connectivity index (χ4n) is 2.29. The molecule has 0 bridgehead atoms. The molecule has 80 valence electrons. The van der Waals surface area contributed by atoms with Gasteiger partial charge in [-0.2, -0.15) is 0 Å². The van der Waals surface area contributed by atoms with Gasteiger partial charge in [0.25, 0.3) is 0 Å². The first-order chi connectivity index (χ1) is 6.75. The van der Waals surface area contributed by atoms with Crippen molar-refractivity contribution in [3.63, 3.8) is 0 Å². The van der Waals surface area contributed by atoms with Gasteiger partial charge in [0, 0.05) is 51.1 Å². The molecule has 1 amide bonds. The summed E-state index contributed by atoms with van der Waals surface area (Å²) >= 11 is 0. The predicted molar refractivity (Wildman–Crippen MR) is 55.0 cm³/mol. The summed E-state index contributed by atoms with van der Waals surface area (Å²) in [5.74, 6) is 0.734. The van der Waals surface area contributed by atoms with Crippen molar-refractivity contribution in [3.8, 4) is 0 Å². The fraction of sp³-hybridized carbons (Fsp3) is 0.900. The smallest absolute Gasteiger partial charge is 0.220 e. The third-order valence-corrected chi connectivity index (χ3v) is 3.25. The van der Waals surface area contributed by atoms with E-state index in [2.05, 4.69) is 22.5 Å². The van der Waals surface area contributed by atoms with Crippen molar-refractivity contribution in [2.45, 2.75) is 19.4 Å². The topological polar surface area (TPSA) is 44.4 Å². The van der Waals surface area contributed by atoms with E-state index in [9.17, 15) is 4.79 Å². The molecule has 4 nitrogen and oxygen atoms in total. The highest BCUT2D eigenvalue weighted by atomic mass is 16.2. The predicted octanol–water partition coefficient (Wildman–Crippen LogP) is -0.584. The third kappa shape index (κ3) is 2.25. The van der Waals surface area contributed by atoms with Crippen LogP contribution in [0.2, 0.25) is 0 Å². The molecule has 4 heteroatoms. The molecule has 2 fully saturated rings. The zero-order chi connectivity index (χ0) is 9.97. The summed E-state index contributed by atoms with van der Waals surface area (Å²) < 4.78 is 0. The fourth-order valence-corrected chi connectivity index (χ4v) is 2.29. The average Bonchev–Trinajstić information content (AvgIpc) is 2.47. The van der Waals surface area contributed by atoms with Crippen LogP contribution in [0.5, 0.6) is 0 Å². The molecule has 2 unspecified atom stereocenters. The minimum atomic E-state index is 0.220. The standard InChI is InChI=1S/C10H19N3O/c1-8-9(6-10(14)12-8)7-13-4-2-11-3-5-13/h8-9,11H,2-7H2,1H3,(H,12,14). The van der Waals surface area contributed by atoms with Crippen LogP contribution in [-0.2, 0) is 4.79 Å². The molecule has 0 aromatic rings. The van der Waals surface area contributed by atoms with E-state index in [1.54, 1.807) is 0 Å². The lowest BCUT2D eigenvalue weighted by Gasteiger charge is -2.30. The number of amides is 1. The van der Waals surface area contributed by atoms with E-state index in [0.29, 0.717) is 18.4 Å². The Hall–Kier alpha value is -0.610. The maximum absolute atomic E-state index is 11.2. The number of rotatable bonds is 2. The summed E-state index contributed by atoms with van der Waals surface area (Å²) in [6.45, 7) is 7.60. The number of carbonyl (C=O) groups is 1. The molecule has 2 aliphatic heterocycles. The molecule has 0 aliphatic carbocycles. The number of hydrogen-bond donors (Lipinski definition) is 2. The lowest BCUT2D eigenvalue weighted by Crippen LogP contribution is -2.46. The van der Waals surface area contributed by atoms with E-state index in [4.69, 9.17) is 0 Å². The van der Waals surface area contributed by atoms with Gasteiger partial charge >= 0.3 is 0 Å². The lowest BCUT2D eigenvalue weighted by atomic mass is 10.0. The number of nitrogens with zero attached hydrogens (tertiary/aromatic N) is 1. The molecule has 2 N–H and O–H groups in total. The molecule has 2 saturated heterocycles. The molecule has 2 atom stereocenters. The zero-order valence-corrected chi connectivity index (χ0v) is 8.75. The Morgan fingerprint density at radius 1 is 1.43 bits per heavy atom. The number of hydrogen-bond acceptors (Lipinski definition) is 3. The Balaban J connectivity index is 1.81. The summed E-state index contributed by atoms with van der Waals surface area (Å²) in [4.78, 5) is 13.6. The van der Waals surface area contributed by atoms with Crippen LogP contribution in [0.15, 0.2) is 0 Å². The van der Waals surface area contributed by atoms with Crippen molar-refractivity contribution in [1.29, 1.82) is 0 Å². The second-order valence-corrected chi connectivity index (χ2v) is 4.37. The first-order valence-corrected chi connectivity index (χ1v) is 5.48. The van der Waals surface area contributed by atoms with Crippen LogP contribution in [0.25, 0.3) is 0 Å². The Morgan fingerprint density at radius 2 is 2.14 bits per heavy atom. The van der Waals surface area contributed by atoms with Gasteiger partial charge in [-0.3, -0.25) is 4.79 Å². The van der Waals surface area contributed by atoms with E-state index in [1.165, 1.54) is 0 Å². The van der Waals surface area contributed by atoms with Gasteiger partial charge in [-0.1, -0.05) is 0 Å². The van der Waals surface area contributed by atoms with Gasteiger partial charge in [-0.25, -0.2) is 0 Å². The lowest BCUT2D eigenvalue weighted by molar-refractivity contribution is -0.119. The summed E-state index contributed by atoms with van der Waals surface area (Å²) in [6.07, 6.45) is 0.713. The average molecular weight is 197 g/mol. The van der Waals surface area contributed by atoms with E-state index in [0.717, 1.165) is 32.7 Å². The van der Waals surface area contributed by atoms with Crippen LogP contribution in [0.4, 0.5) is 0 Å². The van der Waals surface area contributed by atoms with Crippen molar-refractivity contribution in [2.75, 3.05) is 32.7 Å². The summed E-state index contributed by atoms with van der Waals surface area (Å²) in [5, 5.41) is 6.31. The van der Waals surface area contributed by atoms with Crippen molar-refractivity contribution in [2.24, 2.45) is 5.92 Å². The summed E-state index contributed by atoms with van der Waals surface area (Å²) in [7, 11) is 0. The van der Waals surface area contributed by atoms with Gasteiger partial charge in [0.2, 0.25) is 5.91 Å². The van der Waals surface area contributed by atoms with Crippen LogP contribution in [-0.4, -0.2) is 49.6 Å². The highest BCUT2D eigenvalue weighted by Crippen LogP contribution is 2.17. The van der Waals surface area contributed by atoms with E-state index < -0.39 is 0 Å². The van der Waals surface area contributed by atoms with Crippen molar-refractivity contribution in [3.05, 3.63) is 0 Å². The summed E-state index contributed by atoms with van der Waals surface area (Å²) in [5.41, 5.74) is 0. The van der Waals surface area contributed by atoms with Gasteiger partial charge in [0.1, 0.15) is 0 Å². The number of nitrogens with one attached hydrogen (secondary N) is 2. The van der Waals surface area contributed by atoms with Gasteiger partial charge < -0.3 is 15.5 Å². The Labute approximate surface area is 85.0 Å². The largest absolute Gasteiger partial charge is 0.353 e. The maximum Gasteiger partial charge on any atom is 0.220 e. The SMILES string of the molecule is CC1NC(=O)CC1CN1CCNCC1. The molecular formula is C10H19N3O. The van der Waals surface area contributed by atoms with Gasteiger partial charge in [-0.05, 0) is 6.92 Å². The highest BCUT2D eigenvalue weighted by molar-refractivity contribution is 5.78. The monoisotopic (exact) mass is 197 g/mol. The van der Waals surface area contributed by atoms with Gasteiger partial charge in [-0.15, -0.1) is 0 Å². The van der Waals surface area contributed by atoms with Crippen molar-refractivity contribution < 1.29 is 4.79 Å². The van der Waals surface area contributed by atoms with E-state index in [-0.39, 0.29) is 5.91 Å². The van der Waals surface area contributed by atoms with Crippen LogP contribution < -0.4 is 10.6 Å². The Bertz CT molecular complexity index is 213. The highest BCUT2D eigenvalue weighted by Gasteiger charge is 2.30. The Morgan fingerprint density at radius 3 is 2.71 bits per heavy atom. The Kier molecular flexibility index (Phi) is 3.03. The molecule has 2 aliphatic rings. The molecule has 0 aromatic heterocycles. The van der Waals surface area contributed by atoms with E-state index in [1.807, 2.05) is 0 Å². The first-order valence-electron chi connectivity index (χ1n) is 5.48. The molecule has 14 heavy (non-hydrogen) atoms. The van der Waals surface area contributed by atoms with Crippen LogP contribution >= 0.6 is 0 Å². The quantitative estimate of drug-likeness (QED) is 0.622. The molecule has 2 rings (SSSR count). The molecule has 0 spiro atoms. The minimum Gasteiger partial charge on any atom is -0.353 e. The van der Waals surface area contributed by atoms with Gasteiger partial charge in [0.15, 0.2) is 0 Å². The zero-order valence-electron chi connectivity index (χ0n) is 8.75.